The minimum atomic E-state index is 0.999. The second-order valence-corrected chi connectivity index (χ2v) is 7.13. The van der Waals surface area contributed by atoms with Crippen molar-refractivity contribution in [3.63, 3.8) is 0 Å². The Morgan fingerprint density at radius 2 is 1.00 bits per heavy atom. The Balaban J connectivity index is 1.40. The van der Waals surface area contributed by atoms with Gasteiger partial charge >= 0.3 is 0 Å². The van der Waals surface area contributed by atoms with Crippen LogP contribution in [0, 0.1) is 0 Å². The molecule has 0 aliphatic rings. The van der Waals surface area contributed by atoms with Crippen molar-refractivity contribution in [3.05, 3.63) is 73.3 Å². The van der Waals surface area contributed by atoms with Gasteiger partial charge in [-0.05, 0) is 48.5 Å². The Bertz CT molecular complexity index is 809. The van der Waals surface area contributed by atoms with Crippen LogP contribution in [0.5, 0.6) is 0 Å². The molecule has 0 saturated carbocycles. The Labute approximate surface area is 146 Å². The lowest BCUT2D eigenvalue weighted by Gasteiger charge is -2.05. The SMILES string of the molecule is c1cn(-c2ccc(SSc3ccc(-n4ccnn4)cc3)cc2)nn1. The van der Waals surface area contributed by atoms with Gasteiger partial charge in [-0.1, -0.05) is 32.0 Å². The van der Waals surface area contributed by atoms with E-state index in [2.05, 4.69) is 44.9 Å². The third-order valence-corrected chi connectivity index (χ3v) is 5.70. The van der Waals surface area contributed by atoms with Crippen molar-refractivity contribution in [1.82, 2.24) is 30.0 Å². The quantitative estimate of drug-likeness (QED) is 0.511. The van der Waals surface area contributed by atoms with Crippen molar-refractivity contribution < 1.29 is 0 Å². The van der Waals surface area contributed by atoms with E-state index in [1.54, 1.807) is 43.3 Å². The summed E-state index contributed by atoms with van der Waals surface area (Å²) in [6, 6.07) is 16.5. The van der Waals surface area contributed by atoms with E-state index in [1.165, 1.54) is 9.79 Å². The lowest BCUT2D eigenvalue weighted by atomic mass is 10.3. The molecular weight excluding hydrogens is 340 g/mol. The highest BCUT2D eigenvalue weighted by molar-refractivity contribution is 8.76. The highest BCUT2D eigenvalue weighted by Gasteiger charge is 2.02. The minimum Gasteiger partial charge on any atom is -0.221 e. The number of hydrogen-bond donors (Lipinski definition) is 0. The van der Waals surface area contributed by atoms with Crippen LogP contribution >= 0.6 is 21.6 Å². The van der Waals surface area contributed by atoms with Crippen molar-refractivity contribution in [2.75, 3.05) is 0 Å². The topological polar surface area (TPSA) is 61.4 Å². The van der Waals surface area contributed by atoms with E-state index in [9.17, 15) is 0 Å². The molecule has 0 bridgehead atoms. The third-order valence-electron chi connectivity index (χ3n) is 3.28. The summed E-state index contributed by atoms with van der Waals surface area (Å²) in [4.78, 5) is 2.37. The number of nitrogens with zero attached hydrogens (tertiary/aromatic N) is 6. The molecule has 24 heavy (non-hydrogen) atoms. The van der Waals surface area contributed by atoms with Gasteiger partial charge < -0.3 is 0 Å². The number of rotatable bonds is 5. The molecule has 4 aromatic rings. The van der Waals surface area contributed by atoms with Gasteiger partial charge in [0.15, 0.2) is 0 Å². The first-order valence-corrected chi connectivity index (χ1v) is 9.31. The summed E-state index contributed by atoms with van der Waals surface area (Å²) in [6.07, 6.45) is 6.99. The molecule has 0 spiro atoms. The molecule has 2 aromatic heterocycles. The zero-order valence-electron chi connectivity index (χ0n) is 12.4. The normalized spacial score (nSPS) is 10.8. The lowest BCUT2D eigenvalue weighted by Crippen LogP contribution is -1.94. The maximum absolute atomic E-state index is 3.98. The minimum absolute atomic E-state index is 0.999. The molecule has 0 aliphatic heterocycles. The molecule has 0 amide bonds. The Morgan fingerprint density at radius 1 is 0.583 bits per heavy atom. The van der Waals surface area contributed by atoms with Crippen molar-refractivity contribution in [1.29, 1.82) is 0 Å². The van der Waals surface area contributed by atoms with Crippen molar-refractivity contribution in [2.24, 2.45) is 0 Å². The fourth-order valence-corrected chi connectivity index (χ4v) is 4.03. The maximum Gasteiger partial charge on any atom is 0.0697 e. The van der Waals surface area contributed by atoms with Gasteiger partial charge in [-0.3, -0.25) is 0 Å². The van der Waals surface area contributed by atoms with Gasteiger partial charge in [-0.15, -0.1) is 10.2 Å². The monoisotopic (exact) mass is 352 g/mol. The van der Waals surface area contributed by atoms with E-state index < -0.39 is 0 Å². The molecule has 0 aliphatic carbocycles. The molecule has 0 fully saturated rings. The second-order valence-electron chi connectivity index (χ2n) is 4.85. The van der Waals surface area contributed by atoms with Crippen LogP contribution < -0.4 is 0 Å². The molecular formula is C16H12N6S2. The van der Waals surface area contributed by atoms with Gasteiger partial charge in [-0.2, -0.15) is 0 Å². The number of aromatic nitrogens is 6. The van der Waals surface area contributed by atoms with Crippen LogP contribution in [0.2, 0.25) is 0 Å². The van der Waals surface area contributed by atoms with Crippen molar-refractivity contribution in [2.45, 2.75) is 9.79 Å². The molecule has 0 N–H and O–H groups in total. The van der Waals surface area contributed by atoms with Gasteiger partial charge in [0, 0.05) is 9.79 Å². The molecule has 0 saturated heterocycles. The maximum atomic E-state index is 3.98. The highest BCUT2D eigenvalue weighted by atomic mass is 33.1. The van der Waals surface area contributed by atoms with Crippen LogP contribution in [0.15, 0.2) is 83.1 Å². The molecule has 118 valence electrons. The van der Waals surface area contributed by atoms with Gasteiger partial charge in [0.05, 0.1) is 36.2 Å². The number of hydrogen-bond acceptors (Lipinski definition) is 6. The molecule has 8 heteroatoms. The van der Waals surface area contributed by atoms with E-state index in [1.807, 2.05) is 36.7 Å². The van der Waals surface area contributed by atoms with Crippen molar-refractivity contribution in [3.8, 4) is 11.4 Å². The number of benzene rings is 2. The van der Waals surface area contributed by atoms with Crippen LogP contribution in [0.25, 0.3) is 11.4 Å². The fourth-order valence-electron chi connectivity index (χ4n) is 2.10. The average Bonchev–Trinajstić information content (AvgIpc) is 3.34. The molecule has 4 rings (SSSR count). The van der Waals surface area contributed by atoms with E-state index in [-0.39, 0.29) is 0 Å². The summed E-state index contributed by atoms with van der Waals surface area (Å²) in [5.74, 6) is 0. The first-order chi connectivity index (χ1) is 11.9. The summed E-state index contributed by atoms with van der Waals surface area (Å²) in [6.45, 7) is 0. The molecule has 0 unspecified atom stereocenters. The zero-order valence-corrected chi connectivity index (χ0v) is 14.1. The average molecular weight is 352 g/mol. The van der Waals surface area contributed by atoms with E-state index >= 15 is 0 Å². The molecule has 0 atom stereocenters. The summed E-state index contributed by atoms with van der Waals surface area (Å²) >= 11 is 0. The van der Waals surface area contributed by atoms with Crippen LogP contribution in [0.3, 0.4) is 0 Å². The van der Waals surface area contributed by atoms with Crippen LogP contribution in [-0.2, 0) is 0 Å². The van der Waals surface area contributed by atoms with Gasteiger partial charge in [-0.25, -0.2) is 9.36 Å². The molecule has 2 heterocycles. The Kier molecular flexibility index (Phi) is 4.30. The first kappa shape index (κ1) is 15.0. The predicted molar refractivity (Wildman–Crippen MR) is 94.4 cm³/mol. The second kappa shape index (κ2) is 6.90. The van der Waals surface area contributed by atoms with Crippen LogP contribution in [0.4, 0.5) is 0 Å². The van der Waals surface area contributed by atoms with Crippen molar-refractivity contribution >= 4 is 21.6 Å². The third kappa shape index (κ3) is 3.34. The molecule has 6 nitrogen and oxygen atoms in total. The summed E-state index contributed by atoms with van der Waals surface area (Å²) in [5, 5.41) is 15.6. The standard InChI is InChI=1S/C16H12N6S2/c1-5-15(6-2-13(1)21-11-9-17-19-21)23-24-16-7-3-14(4-8-16)22-12-10-18-20-22/h1-12H. The van der Waals surface area contributed by atoms with Crippen LogP contribution in [-0.4, -0.2) is 30.0 Å². The van der Waals surface area contributed by atoms with Gasteiger partial charge in [0.1, 0.15) is 0 Å². The highest BCUT2D eigenvalue weighted by Crippen LogP contribution is 2.37. The lowest BCUT2D eigenvalue weighted by molar-refractivity contribution is 0.802. The van der Waals surface area contributed by atoms with Gasteiger partial charge in [0.2, 0.25) is 0 Å². The van der Waals surface area contributed by atoms with Gasteiger partial charge in [0.25, 0.3) is 0 Å². The summed E-state index contributed by atoms with van der Waals surface area (Å²) in [7, 11) is 3.44. The summed E-state index contributed by atoms with van der Waals surface area (Å²) in [5.41, 5.74) is 2.00. The Hall–Kier alpha value is -2.58. The van der Waals surface area contributed by atoms with E-state index in [0.29, 0.717) is 0 Å². The molecule has 2 aromatic carbocycles. The smallest absolute Gasteiger partial charge is 0.0697 e. The first-order valence-electron chi connectivity index (χ1n) is 7.16. The molecule has 0 radical (unpaired) electrons. The fraction of sp³-hybridized carbons (Fsp3) is 0. The zero-order chi connectivity index (χ0) is 16.2. The largest absolute Gasteiger partial charge is 0.221 e. The van der Waals surface area contributed by atoms with Crippen LogP contribution in [0.1, 0.15) is 0 Å². The predicted octanol–water partition coefficient (Wildman–Crippen LogP) is 3.65. The van der Waals surface area contributed by atoms with E-state index in [4.69, 9.17) is 0 Å². The van der Waals surface area contributed by atoms with E-state index in [0.717, 1.165) is 11.4 Å². The Morgan fingerprint density at radius 3 is 1.33 bits per heavy atom. The summed E-state index contributed by atoms with van der Waals surface area (Å²) < 4.78 is 3.48.